The molecule has 0 saturated heterocycles. The van der Waals surface area contributed by atoms with Crippen LogP contribution in [0.1, 0.15) is 88.5 Å². The fourth-order valence-corrected chi connectivity index (χ4v) is 7.32. The number of ketones is 1. The molecule has 0 aliphatic heterocycles. The maximum atomic E-state index is 16.9. The van der Waals surface area contributed by atoms with Gasteiger partial charge in [-0.1, -0.05) is 68.0 Å². The van der Waals surface area contributed by atoms with Gasteiger partial charge in [0.25, 0.3) is 0 Å². The SMILES string of the molecule is C=C=CC1(C)/C(=C\C)[C@@H](F)CC2C3CC(C)C(C(=O)CO)C3(C)CC(O)[C@@]21F.CC.CC.CC. The van der Waals surface area contributed by atoms with Crippen LogP contribution >= 0.6 is 0 Å². The molecule has 3 aliphatic rings. The van der Waals surface area contributed by atoms with Crippen LogP contribution in [0.4, 0.5) is 8.78 Å². The molecule has 0 bridgehead atoms. The minimum Gasteiger partial charge on any atom is -0.390 e. The van der Waals surface area contributed by atoms with Crippen LogP contribution in [0.3, 0.4) is 0 Å². The molecule has 3 saturated carbocycles. The Morgan fingerprint density at radius 3 is 2.12 bits per heavy atom. The van der Waals surface area contributed by atoms with Crippen LogP contribution in [0.15, 0.2) is 30.0 Å². The Balaban J connectivity index is 0.00000168. The number of hydrogen-bond acceptors (Lipinski definition) is 3. The van der Waals surface area contributed by atoms with Crippen LogP contribution in [0.2, 0.25) is 0 Å². The van der Waals surface area contributed by atoms with Crippen molar-refractivity contribution in [2.24, 2.45) is 34.5 Å². The number of fused-ring (bicyclic) bond motifs is 3. The van der Waals surface area contributed by atoms with Crippen molar-refractivity contribution in [1.29, 1.82) is 0 Å². The Labute approximate surface area is 207 Å². The van der Waals surface area contributed by atoms with Gasteiger partial charge in [-0.2, -0.15) is 0 Å². The monoisotopic (exact) mass is 484 g/mol. The van der Waals surface area contributed by atoms with E-state index in [1.807, 2.05) is 55.4 Å². The van der Waals surface area contributed by atoms with Crippen molar-refractivity contribution in [2.75, 3.05) is 6.61 Å². The number of Topliss-reactive ketones (excluding diaryl/α,β-unsaturated/α-hetero) is 1. The summed E-state index contributed by atoms with van der Waals surface area (Å²) in [6, 6.07) is 0. The van der Waals surface area contributed by atoms with Crippen molar-refractivity contribution in [3.63, 3.8) is 0 Å². The molecule has 0 aromatic heterocycles. The highest BCUT2D eigenvalue weighted by Crippen LogP contribution is 2.69. The molecule has 0 amide bonds. The Morgan fingerprint density at radius 2 is 1.68 bits per heavy atom. The minimum absolute atomic E-state index is 0.0131. The summed E-state index contributed by atoms with van der Waals surface area (Å²) < 4.78 is 32.2. The second-order valence-corrected chi connectivity index (χ2v) is 9.52. The Kier molecular flexibility index (Phi) is 12.6. The van der Waals surface area contributed by atoms with Crippen molar-refractivity contribution in [3.8, 4) is 0 Å². The molecule has 0 heterocycles. The highest BCUT2D eigenvalue weighted by molar-refractivity contribution is 5.83. The molecular formula is C29H50F2O3. The molecular weight excluding hydrogens is 434 g/mol. The lowest BCUT2D eigenvalue weighted by atomic mass is 9.45. The molecule has 0 radical (unpaired) electrons. The molecule has 7 unspecified atom stereocenters. The van der Waals surface area contributed by atoms with Crippen LogP contribution in [0, 0.1) is 34.5 Å². The summed E-state index contributed by atoms with van der Waals surface area (Å²) in [6.45, 7) is 22.2. The summed E-state index contributed by atoms with van der Waals surface area (Å²) in [5.41, 5.74) is -1.13. The van der Waals surface area contributed by atoms with Gasteiger partial charge in [-0.15, -0.1) is 5.73 Å². The summed E-state index contributed by atoms with van der Waals surface area (Å²) in [5.74, 6) is -1.75. The first-order valence-corrected chi connectivity index (χ1v) is 13.2. The van der Waals surface area contributed by atoms with E-state index in [2.05, 4.69) is 12.3 Å². The van der Waals surface area contributed by atoms with Crippen LogP contribution in [0.25, 0.3) is 0 Å². The summed E-state index contributed by atoms with van der Waals surface area (Å²) >= 11 is 0. The van der Waals surface area contributed by atoms with Crippen molar-refractivity contribution in [1.82, 2.24) is 0 Å². The third-order valence-corrected chi connectivity index (χ3v) is 8.29. The van der Waals surface area contributed by atoms with Crippen molar-refractivity contribution < 1.29 is 23.8 Å². The molecule has 5 heteroatoms. The number of aliphatic hydroxyl groups excluding tert-OH is 2. The van der Waals surface area contributed by atoms with E-state index < -0.39 is 47.2 Å². The van der Waals surface area contributed by atoms with E-state index in [1.54, 1.807) is 19.9 Å². The van der Waals surface area contributed by atoms with Crippen LogP contribution in [-0.4, -0.2) is 40.5 Å². The average Bonchev–Trinajstić information content (AvgIpc) is 3.09. The highest BCUT2D eigenvalue weighted by atomic mass is 19.1. The standard InChI is InChI=1S/C23H32F2O3.3C2H6/c1-6-8-22(5)14(7-2)17(24)10-16-15-9-13(3)20(18(27)12-26)21(15,4)11-19(28)23(16,22)25;3*1-2/h7-8,13,15-17,19-20,26,28H,1,9-12H2,2-5H3;3*1-2H3/b14-7-;;;/t13?,15?,16?,17-,19?,20?,21?,22?,23-;;;/m0.../s1. The van der Waals surface area contributed by atoms with E-state index >= 15 is 8.78 Å². The van der Waals surface area contributed by atoms with Gasteiger partial charge in [-0.05, 0) is 62.0 Å². The zero-order valence-corrected chi connectivity index (χ0v) is 23.2. The summed E-state index contributed by atoms with van der Waals surface area (Å²) in [7, 11) is 0. The summed E-state index contributed by atoms with van der Waals surface area (Å²) in [6.07, 6.45) is 1.07. The molecule has 34 heavy (non-hydrogen) atoms. The first-order valence-electron chi connectivity index (χ1n) is 13.2. The smallest absolute Gasteiger partial charge is 0.162 e. The quantitative estimate of drug-likeness (QED) is 0.334. The lowest BCUT2D eigenvalue weighted by molar-refractivity contribution is -0.201. The molecule has 0 aromatic rings. The van der Waals surface area contributed by atoms with E-state index in [0.717, 1.165) is 0 Å². The molecule has 3 fully saturated rings. The number of hydrogen-bond donors (Lipinski definition) is 2. The summed E-state index contributed by atoms with van der Waals surface area (Å²) in [4.78, 5) is 12.5. The maximum absolute atomic E-state index is 16.9. The largest absolute Gasteiger partial charge is 0.390 e. The first kappa shape index (κ1) is 32.7. The second-order valence-electron chi connectivity index (χ2n) is 9.52. The van der Waals surface area contributed by atoms with Gasteiger partial charge < -0.3 is 10.2 Å². The Bertz CT molecular complexity index is 744. The van der Waals surface area contributed by atoms with Gasteiger partial charge in [0.1, 0.15) is 12.8 Å². The van der Waals surface area contributed by atoms with Gasteiger partial charge in [0.15, 0.2) is 11.5 Å². The lowest BCUT2D eigenvalue weighted by Crippen LogP contribution is -2.68. The maximum Gasteiger partial charge on any atom is 0.162 e. The van der Waals surface area contributed by atoms with E-state index in [1.165, 1.54) is 6.08 Å². The molecule has 3 rings (SSSR count). The molecule has 2 N–H and O–H groups in total. The fraction of sp³-hybridized carbons (Fsp3) is 0.793. The number of carbonyl (C=O) groups is 1. The number of alkyl halides is 2. The number of carbonyl (C=O) groups excluding carboxylic acids is 1. The molecule has 9 atom stereocenters. The minimum atomic E-state index is -2.07. The van der Waals surface area contributed by atoms with E-state index in [4.69, 9.17) is 0 Å². The van der Waals surface area contributed by atoms with Gasteiger partial charge in [-0.25, -0.2) is 8.78 Å². The third-order valence-electron chi connectivity index (χ3n) is 8.29. The zero-order valence-electron chi connectivity index (χ0n) is 23.2. The predicted molar refractivity (Wildman–Crippen MR) is 138 cm³/mol. The predicted octanol–water partition coefficient (Wildman–Crippen LogP) is 7.03. The fourth-order valence-electron chi connectivity index (χ4n) is 7.32. The molecule has 3 nitrogen and oxygen atoms in total. The van der Waals surface area contributed by atoms with Crippen molar-refractivity contribution >= 4 is 5.78 Å². The normalized spacial score (nSPS) is 43.3. The van der Waals surface area contributed by atoms with E-state index in [9.17, 15) is 15.0 Å². The average molecular weight is 485 g/mol. The highest BCUT2D eigenvalue weighted by Gasteiger charge is 2.72. The summed E-state index contributed by atoms with van der Waals surface area (Å²) in [5, 5.41) is 20.6. The first-order chi connectivity index (χ1) is 16.0. The second kappa shape index (κ2) is 13.1. The van der Waals surface area contributed by atoms with Gasteiger partial charge in [0.2, 0.25) is 0 Å². The molecule has 0 spiro atoms. The van der Waals surface area contributed by atoms with E-state index in [0.29, 0.717) is 12.0 Å². The van der Waals surface area contributed by atoms with Crippen LogP contribution < -0.4 is 0 Å². The van der Waals surface area contributed by atoms with Crippen LogP contribution in [-0.2, 0) is 4.79 Å². The van der Waals surface area contributed by atoms with Gasteiger partial charge >= 0.3 is 0 Å². The van der Waals surface area contributed by atoms with Gasteiger partial charge in [0, 0.05) is 11.8 Å². The van der Waals surface area contributed by atoms with Gasteiger partial charge in [-0.3, -0.25) is 4.79 Å². The number of rotatable bonds is 3. The Morgan fingerprint density at radius 1 is 1.15 bits per heavy atom. The zero-order chi connectivity index (χ0) is 27.1. The number of aliphatic hydroxyl groups is 2. The van der Waals surface area contributed by atoms with Gasteiger partial charge in [0.05, 0.1) is 11.5 Å². The topological polar surface area (TPSA) is 57.5 Å². The van der Waals surface area contributed by atoms with E-state index in [-0.39, 0.29) is 30.5 Å². The number of allylic oxidation sites excluding steroid dienone is 3. The number of halogens is 2. The molecule has 198 valence electrons. The van der Waals surface area contributed by atoms with Crippen molar-refractivity contribution in [3.05, 3.63) is 30.0 Å². The lowest BCUT2D eigenvalue weighted by Gasteiger charge is -2.61. The molecule has 3 aliphatic carbocycles. The van der Waals surface area contributed by atoms with Crippen LogP contribution in [0.5, 0.6) is 0 Å². The third kappa shape index (κ3) is 4.86. The molecule has 0 aromatic carbocycles. The van der Waals surface area contributed by atoms with Crippen molar-refractivity contribution in [2.45, 2.75) is 106 Å². The Hall–Kier alpha value is -1.29.